The fourth-order valence-corrected chi connectivity index (χ4v) is 3.74. The van der Waals surface area contributed by atoms with Crippen LogP contribution in [0.3, 0.4) is 0 Å². The summed E-state index contributed by atoms with van der Waals surface area (Å²) in [6.45, 7) is 1.18. The summed E-state index contributed by atoms with van der Waals surface area (Å²) in [5.41, 5.74) is 3.74. The van der Waals surface area contributed by atoms with Crippen molar-refractivity contribution in [2.75, 3.05) is 20.3 Å². The van der Waals surface area contributed by atoms with Crippen molar-refractivity contribution < 1.29 is 14.3 Å². The maximum atomic E-state index is 12.9. The summed E-state index contributed by atoms with van der Waals surface area (Å²) in [7, 11) is 1.65. The Labute approximate surface area is 170 Å². The van der Waals surface area contributed by atoms with Crippen molar-refractivity contribution in [1.82, 2.24) is 10.3 Å². The zero-order valence-corrected chi connectivity index (χ0v) is 16.4. The number of ether oxygens (including phenoxy) is 2. The van der Waals surface area contributed by atoms with Crippen LogP contribution in [0, 0.1) is 5.92 Å². The SMILES string of the molecule is COc1ccccc1-c1cccc(C(=O)N[C@@H]2COC[C@H]2Cc2ccncc2)c1. The highest BCUT2D eigenvalue weighted by molar-refractivity contribution is 5.96. The van der Waals surface area contributed by atoms with E-state index in [1.54, 1.807) is 19.5 Å². The van der Waals surface area contributed by atoms with Gasteiger partial charge in [0.1, 0.15) is 5.75 Å². The predicted octanol–water partition coefficient (Wildman–Crippen LogP) is 3.74. The Bertz CT molecular complexity index is 975. The highest BCUT2D eigenvalue weighted by Gasteiger charge is 2.30. The molecule has 3 aromatic rings. The minimum absolute atomic E-state index is 0.00872. The highest BCUT2D eigenvalue weighted by atomic mass is 16.5. The summed E-state index contributed by atoms with van der Waals surface area (Å²) >= 11 is 0. The molecule has 0 bridgehead atoms. The lowest BCUT2D eigenvalue weighted by molar-refractivity contribution is 0.0925. The second kappa shape index (κ2) is 8.88. The Morgan fingerprint density at radius 2 is 1.93 bits per heavy atom. The number of methoxy groups -OCH3 is 1. The molecule has 29 heavy (non-hydrogen) atoms. The van der Waals surface area contributed by atoms with Crippen LogP contribution >= 0.6 is 0 Å². The molecular formula is C24H24N2O3. The molecular weight excluding hydrogens is 364 g/mol. The van der Waals surface area contributed by atoms with E-state index in [9.17, 15) is 4.79 Å². The molecule has 2 aromatic carbocycles. The zero-order valence-electron chi connectivity index (χ0n) is 16.4. The maximum absolute atomic E-state index is 12.9. The zero-order chi connectivity index (χ0) is 20.1. The van der Waals surface area contributed by atoms with Gasteiger partial charge in [-0.1, -0.05) is 30.3 Å². The summed E-state index contributed by atoms with van der Waals surface area (Å²) in [4.78, 5) is 17.0. The van der Waals surface area contributed by atoms with Crippen LogP contribution in [-0.4, -0.2) is 37.3 Å². The molecule has 0 radical (unpaired) electrons. The van der Waals surface area contributed by atoms with E-state index in [1.807, 2.05) is 60.7 Å². The van der Waals surface area contributed by atoms with Crippen LogP contribution in [0.15, 0.2) is 73.1 Å². The van der Waals surface area contributed by atoms with Gasteiger partial charge in [-0.15, -0.1) is 0 Å². The molecule has 1 amide bonds. The summed E-state index contributed by atoms with van der Waals surface area (Å²) in [6, 6.07) is 19.4. The molecule has 1 saturated heterocycles. The van der Waals surface area contributed by atoms with E-state index in [4.69, 9.17) is 9.47 Å². The van der Waals surface area contributed by atoms with Crippen molar-refractivity contribution in [3.63, 3.8) is 0 Å². The largest absolute Gasteiger partial charge is 0.496 e. The van der Waals surface area contributed by atoms with Gasteiger partial charge in [0.25, 0.3) is 5.91 Å². The fraction of sp³-hybridized carbons (Fsp3) is 0.250. The molecule has 5 nitrogen and oxygen atoms in total. The standard InChI is InChI=1S/C24H24N2O3/c1-28-23-8-3-2-7-21(23)18-5-4-6-19(14-18)24(27)26-22-16-29-15-20(22)13-17-9-11-25-12-10-17/h2-12,14,20,22H,13,15-16H2,1H3,(H,26,27)/t20-,22-/m1/s1. The van der Waals surface area contributed by atoms with Gasteiger partial charge in [0, 0.05) is 29.4 Å². The quantitative estimate of drug-likeness (QED) is 0.699. The number of carbonyl (C=O) groups excluding carboxylic acids is 1. The highest BCUT2D eigenvalue weighted by Crippen LogP contribution is 2.30. The fourth-order valence-electron chi connectivity index (χ4n) is 3.74. The van der Waals surface area contributed by atoms with Crippen LogP contribution in [0.4, 0.5) is 0 Å². The molecule has 1 aliphatic heterocycles. The van der Waals surface area contributed by atoms with Crippen molar-refractivity contribution >= 4 is 5.91 Å². The lowest BCUT2D eigenvalue weighted by atomic mass is 9.95. The molecule has 0 spiro atoms. The number of hydrogen-bond donors (Lipinski definition) is 1. The first-order valence-electron chi connectivity index (χ1n) is 9.75. The number of pyridine rings is 1. The smallest absolute Gasteiger partial charge is 0.251 e. The van der Waals surface area contributed by atoms with Crippen molar-refractivity contribution in [1.29, 1.82) is 0 Å². The van der Waals surface area contributed by atoms with Crippen LogP contribution in [0.25, 0.3) is 11.1 Å². The third-order valence-corrected chi connectivity index (χ3v) is 5.30. The van der Waals surface area contributed by atoms with Gasteiger partial charge in [-0.2, -0.15) is 0 Å². The minimum atomic E-state index is -0.0861. The first-order valence-corrected chi connectivity index (χ1v) is 9.75. The molecule has 2 heterocycles. The van der Waals surface area contributed by atoms with E-state index in [2.05, 4.69) is 10.3 Å². The van der Waals surface area contributed by atoms with Gasteiger partial charge in [0.2, 0.25) is 0 Å². The Balaban J connectivity index is 1.48. The van der Waals surface area contributed by atoms with Gasteiger partial charge < -0.3 is 14.8 Å². The van der Waals surface area contributed by atoms with Crippen molar-refractivity contribution in [3.8, 4) is 16.9 Å². The Kier molecular flexibility index (Phi) is 5.86. The normalized spacial score (nSPS) is 18.4. The molecule has 148 valence electrons. The van der Waals surface area contributed by atoms with Crippen LogP contribution in [0.1, 0.15) is 15.9 Å². The third-order valence-electron chi connectivity index (χ3n) is 5.30. The lowest BCUT2D eigenvalue weighted by Crippen LogP contribution is -2.40. The number of aromatic nitrogens is 1. The molecule has 0 saturated carbocycles. The summed E-state index contributed by atoms with van der Waals surface area (Å²) in [5, 5.41) is 3.16. The van der Waals surface area contributed by atoms with Crippen LogP contribution in [-0.2, 0) is 11.2 Å². The monoisotopic (exact) mass is 388 g/mol. The Morgan fingerprint density at radius 3 is 2.76 bits per heavy atom. The number of amides is 1. The van der Waals surface area contributed by atoms with Gasteiger partial charge in [-0.25, -0.2) is 0 Å². The van der Waals surface area contributed by atoms with E-state index < -0.39 is 0 Å². The van der Waals surface area contributed by atoms with Crippen LogP contribution in [0.5, 0.6) is 5.75 Å². The van der Waals surface area contributed by atoms with Crippen molar-refractivity contribution in [3.05, 3.63) is 84.2 Å². The number of carbonyl (C=O) groups is 1. The Hall–Kier alpha value is -3.18. The summed E-state index contributed by atoms with van der Waals surface area (Å²) in [5.74, 6) is 0.947. The average Bonchev–Trinajstić information content (AvgIpc) is 3.21. The van der Waals surface area contributed by atoms with Gasteiger partial charge in [-0.3, -0.25) is 9.78 Å². The maximum Gasteiger partial charge on any atom is 0.251 e. The summed E-state index contributed by atoms with van der Waals surface area (Å²) in [6.07, 6.45) is 4.44. The molecule has 0 unspecified atom stereocenters. The lowest BCUT2D eigenvalue weighted by Gasteiger charge is -2.19. The number of para-hydroxylation sites is 1. The average molecular weight is 388 g/mol. The molecule has 5 heteroatoms. The van der Waals surface area contributed by atoms with Gasteiger partial charge in [0.05, 0.1) is 26.4 Å². The topological polar surface area (TPSA) is 60.5 Å². The van der Waals surface area contributed by atoms with Crippen LogP contribution in [0.2, 0.25) is 0 Å². The van der Waals surface area contributed by atoms with Gasteiger partial charge in [0.15, 0.2) is 0 Å². The van der Waals surface area contributed by atoms with Gasteiger partial charge in [-0.05, 0) is 47.9 Å². The second-order valence-corrected chi connectivity index (χ2v) is 7.22. The molecule has 4 rings (SSSR count). The van der Waals surface area contributed by atoms with Crippen molar-refractivity contribution in [2.45, 2.75) is 12.5 Å². The van der Waals surface area contributed by atoms with E-state index >= 15 is 0 Å². The van der Waals surface area contributed by atoms with Crippen LogP contribution < -0.4 is 10.1 Å². The predicted molar refractivity (Wildman–Crippen MR) is 112 cm³/mol. The molecule has 1 aliphatic rings. The number of hydrogen-bond acceptors (Lipinski definition) is 4. The number of rotatable bonds is 6. The van der Waals surface area contributed by atoms with E-state index in [0.717, 1.165) is 23.3 Å². The third kappa shape index (κ3) is 4.46. The molecule has 1 aromatic heterocycles. The first kappa shape index (κ1) is 19.2. The van der Waals surface area contributed by atoms with Gasteiger partial charge >= 0.3 is 0 Å². The molecule has 1 N–H and O–H groups in total. The number of benzene rings is 2. The van der Waals surface area contributed by atoms with E-state index in [1.165, 1.54) is 5.56 Å². The minimum Gasteiger partial charge on any atom is -0.496 e. The van der Waals surface area contributed by atoms with E-state index in [0.29, 0.717) is 18.8 Å². The first-order chi connectivity index (χ1) is 14.2. The number of nitrogens with zero attached hydrogens (tertiary/aromatic N) is 1. The molecule has 2 atom stereocenters. The Morgan fingerprint density at radius 1 is 1.10 bits per heavy atom. The summed E-state index contributed by atoms with van der Waals surface area (Å²) < 4.78 is 11.1. The van der Waals surface area contributed by atoms with E-state index in [-0.39, 0.29) is 17.9 Å². The van der Waals surface area contributed by atoms with Crippen molar-refractivity contribution in [2.24, 2.45) is 5.92 Å². The molecule has 1 fully saturated rings. The molecule has 0 aliphatic carbocycles. The number of nitrogens with one attached hydrogen (secondary N) is 1. The second-order valence-electron chi connectivity index (χ2n) is 7.22.